The number of hydrogen-bond acceptors (Lipinski definition) is 3. The summed E-state index contributed by atoms with van der Waals surface area (Å²) in [4.78, 5) is 19.4. The van der Waals surface area contributed by atoms with Crippen LogP contribution in [-0.4, -0.2) is 18.5 Å². The molecule has 0 saturated carbocycles. The monoisotopic (exact) mass is 353 g/mol. The fourth-order valence-corrected chi connectivity index (χ4v) is 3.57. The molecule has 25 heavy (non-hydrogen) atoms. The molecule has 3 heteroatoms. The van der Waals surface area contributed by atoms with Gasteiger partial charge in [0.1, 0.15) is 0 Å². The highest BCUT2D eigenvalue weighted by atomic mass is 32.2. The minimum atomic E-state index is 0.0783. The van der Waals surface area contributed by atoms with Crippen LogP contribution in [0.25, 0.3) is 0 Å². The van der Waals surface area contributed by atoms with E-state index in [1.165, 1.54) is 22.6 Å². The number of carbonyl (C=O) groups is 1. The minimum absolute atomic E-state index is 0.0783. The van der Waals surface area contributed by atoms with Gasteiger partial charge in [0.2, 0.25) is 5.78 Å². The van der Waals surface area contributed by atoms with Gasteiger partial charge in [-0.25, -0.2) is 0 Å². The Kier molecular flexibility index (Phi) is 8.47. The summed E-state index contributed by atoms with van der Waals surface area (Å²) in [7, 11) is 1.73. The SMILES string of the molecule is CCCCCCC(=NC)C(=O)C1=CCC=C(Sc2ccccc2)C=C1. The van der Waals surface area contributed by atoms with Crippen LogP contribution < -0.4 is 0 Å². The van der Waals surface area contributed by atoms with Crippen LogP contribution in [0.15, 0.2) is 75.0 Å². The van der Waals surface area contributed by atoms with Crippen LogP contribution in [0.1, 0.15) is 45.4 Å². The van der Waals surface area contributed by atoms with E-state index in [0.29, 0.717) is 5.71 Å². The van der Waals surface area contributed by atoms with Gasteiger partial charge in [0, 0.05) is 22.4 Å². The van der Waals surface area contributed by atoms with Crippen molar-refractivity contribution in [3.05, 3.63) is 65.1 Å². The first-order chi connectivity index (χ1) is 12.2. The van der Waals surface area contributed by atoms with Gasteiger partial charge in [-0.3, -0.25) is 9.79 Å². The Bertz CT molecular complexity index is 683. The average Bonchev–Trinajstić information content (AvgIpc) is 2.88. The highest BCUT2D eigenvalue weighted by molar-refractivity contribution is 8.03. The zero-order valence-electron chi connectivity index (χ0n) is 15.2. The topological polar surface area (TPSA) is 29.4 Å². The maximum Gasteiger partial charge on any atom is 0.206 e. The van der Waals surface area contributed by atoms with Crippen LogP contribution >= 0.6 is 11.8 Å². The van der Waals surface area contributed by atoms with Crippen molar-refractivity contribution in [2.45, 2.75) is 50.3 Å². The van der Waals surface area contributed by atoms with Crippen molar-refractivity contribution in [2.24, 2.45) is 4.99 Å². The predicted molar refractivity (Wildman–Crippen MR) is 109 cm³/mol. The number of thioether (sulfide) groups is 1. The van der Waals surface area contributed by atoms with Gasteiger partial charge in [0.25, 0.3) is 0 Å². The van der Waals surface area contributed by atoms with Crippen LogP contribution in [0.2, 0.25) is 0 Å². The molecule has 0 aromatic heterocycles. The molecule has 0 unspecified atom stereocenters. The molecule has 132 valence electrons. The molecule has 1 aromatic carbocycles. The first-order valence-electron chi connectivity index (χ1n) is 9.06. The van der Waals surface area contributed by atoms with Gasteiger partial charge >= 0.3 is 0 Å². The highest BCUT2D eigenvalue weighted by Gasteiger charge is 2.15. The molecule has 1 aliphatic rings. The quantitative estimate of drug-likeness (QED) is 0.393. The first-order valence-corrected chi connectivity index (χ1v) is 9.88. The van der Waals surface area contributed by atoms with Gasteiger partial charge in [-0.15, -0.1) is 0 Å². The second-order valence-electron chi connectivity index (χ2n) is 6.06. The van der Waals surface area contributed by atoms with E-state index in [-0.39, 0.29) is 5.78 Å². The molecule has 1 aromatic rings. The van der Waals surface area contributed by atoms with Crippen molar-refractivity contribution in [3.8, 4) is 0 Å². The Morgan fingerprint density at radius 2 is 1.88 bits per heavy atom. The third-order valence-corrected chi connectivity index (χ3v) is 5.17. The Morgan fingerprint density at radius 3 is 2.60 bits per heavy atom. The second-order valence-corrected chi connectivity index (χ2v) is 7.21. The lowest BCUT2D eigenvalue weighted by atomic mass is 10.0. The maximum atomic E-state index is 12.7. The van der Waals surface area contributed by atoms with Gasteiger partial charge in [0.15, 0.2) is 0 Å². The standard InChI is InChI=1S/C22H27NOS/c1-3-4-5-9-15-21(23-2)22(24)18-11-10-14-20(17-16-18)25-19-12-7-6-8-13-19/h6-8,11-14,16-17H,3-5,9-10,15H2,1-2H3. The van der Waals surface area contributed by atoms with E-state index in [2.05, 4.69) is 30.1 Å². The van der Waals surface area contributed by atoms with Crippen LogP contribution in [0.5, 0.6) is 0 Å². The minimum Gasteiger partial charge on any atom is -0.289 e. The van der Waals surface area contributed by atoms with Crippen molar-refractivity contribution >= 4 is 23.3 Å². The van der Waals surface area contributed by atoms with Crippen LogP contribution in [0, 0.1) is 0 Å². The smallest absolute Gasteiger partial charge is 0.206 e. The summed E-state index contributed by atoms with van der Waals surface area (Å²) in [5.74, 6) is 0.0783. The molecule has 0 amide bonds. The predicted octanol–water partition coefficient (Wildman–Crippen LogP) is 6.16. The summed E-state index contributed by atoms with van der Waals surface area (Å²) < 4.78 is 0. The molecule has 2 rings (SSSR count). The lowest BCUT2D eigenvalue weighted by molar-refractivity contribution is -0.109. The number of benzene rings is 1. The molecule has 2 nitrogen and oxygen atoms in total. The van der Waals surface area contributed by atoms with Gasteiger partial charge in [0.05, 0.1) is 5.71 Å². The van der Waals surface area contributed by atoms with E-state index in [1.807, 2.05) is 36.4 Å². The largest absolute Gasteiger partial charge is 0.289 e. The van der Waals surface area contributed by atoms with E-state index < -0.39 is 0 Å². The zero-order valence-corrected chi connectivity index (χ0v) is 16.0. The summed E-state index contributed by atoms with van der Waals surface area (Å²) in [5, 5.41) is 0. The molecular weight excluding hydrogens is 326 g/mol. The molecule has 0 radical (unpaired) electrons. The number of rotatable bonds is 9. The fraction of sp³-hybridized carbons (Fsp3) is 0.364. The lowest BCUT2D eigenvalue weighted by Gasteiger charge is -2.05. The third-order valence-electron chi connectivity index (χ3n) is 4.12. The number of allylic oxidation sites excluding steroid dienone is 5. The van der Waals surface area contributed by atoms with Crippen LogP contribution in [0.3, 0.4) is 0 Å². The second kappa shape index (κ2) is 10.9. The first kappa shape index (κ1) is 19.5. The zero-order chi connectivity index (χ0) is 17.9. The van der Waals surface area contributed by atoms with Crippen LogP contribution in [-0.2, 0) is 4.79 Å². The summed E-state index contributed by atoms with van der Waals surface area (Å²) in [5.41, 5.74) is 1.46. The third kappa shape index (κ3) is 6.50. The van der Waals surface area contributed by atoms with Gasteiger partial charge in [-0.05, 0) is 37.5 Å². The van der Waals surface area contributed by atoms with Crippen LogP contribution in [0.4, 0.5) is 0 Å². The molecule has 1 aliphatic carbocycles. The normalized spacial score (nSPS) is 14.7. The molecule has 0 spiro atoms. The molecular formula is C22H27NOS. The van der Waals surface area contributed by atoms with Gasteiger partial charge in [-0.2, -0.15) is 0 Å². The number of ketones is 1. The molecule has 0 bridgehead atoms. The summed E-state index contributed by atoms with van der Waals surface area (Å²) in [6.45, 7) is 2.19. The summed E-state index contributed by atoms with van der Waals surface area (Å²) >= 11 is 1.72. The van der Waals surface area contributed by atoms with E-state index in [1.54, 1.807) is 18.8 Å². The Morgan fingerprint density at radius 1 is 1.08 bits per heavy atom. The molecule has 0 saturated heterocycles. The van der Waals surface area contributed by atoms with E-state index >= 15 is 0 Å². The Balaban J connectivity index is 1.95. The highest BCUT2D eigenvalue weighted by Crippen LogP contribution is 2.29. The Hall–Kier alpha value is -1.87. The molecule has 0 atom stereocenters. The van der Waals surface area contributed by atoms with Gasteiger partial charge < -0.3 is 0 Å². The molecule has 0 N–H and O–H groups in total. The van der Waals surface area contributed by atoms with Crippen molar-refractivity contribution < 1.29 is 4.79 Å². The van der Waals surface area contributed by atoms with E-state index in [4.69, 9.17) is 0 Å². The van der Waals surface area contributed by atoms with Crippen molar-refractivity contribution in [1.82, 2.24) is 0 Å². The molecule has 0 fully saturated rings. The summed E-state index contributed by atoms with van der Waals surface area (Å²) in [6, 6.07) is 10.3. The van der Waals surface area contributed by atoms with Crippen molar-refractivity contribution in [3.63, 3.8) is 0 Å². The number of aliphatic imine (C=N–C) groups is 1. The average molecular weight is 354 g/mol. The van der Waals surface area contributed by atoms with E-state index in [0.717, 1.165) is 31.3 Å². The fourth-order valence-electron chi connectivity index (χ4n) is 2.69. The molecule has 0 aliphatic heterocycles. The van der Waals surface area contributed by atoms with Crippen molar-refractivity contribution in [1.29, 1.82) is 0 Å². The number of nitrogens with zero attached hydrogens (tertiary/aromatic N) is 1. The number of hydrogen-bond donors (Lipinski definition) is 0. The number of carbonyl (C=O) groups excluding carboxylic acids is 1. The lowest BCUT2D eigenvalue weighted by Crippen LogP contribution is -2.15. The summed E-state index contributed by atoms with van der Waals surface area (Å²) in [6.07, 6.45) is 14.3. The van der Waals surface area contributed by atoms with Crippen molar-refractivity contribution in [2.75, 3.05) is 7.05 Å². The number of unbranched alkanes of at least 4 members (excludes halogenated alkanes) is 3. The Labute approximate surface area is 155 Å². The van der Waals surface area contributed by atoms with E-state index in [9.17, 15) is 4.79 Å². The molecule has 0 heterocycles. The maximum absolute atomic E-state index is 12.7. The van der Waals surface area contributed by atoms with Gasteiger partial charge in [-0.1, -0.05) is 74.4 Å². The number of Topliss-reactive ketones (excluding diaryl/α,β-unsaturated/α-hetero) is 1.